The highest BCUT2D eigenvalue weighted by Gasteiger charge is 2.74. The Morgan fingerprint density at radius 3 is 2.38 bits per heavy atom. The molecule has 5 aliphatic rings. The molecule has 0 saturated heterocycles. The van der Waals surface area contributed by atoms with Gasteiger partial charge < -0.3 is 14.6 Å². The Bertz CT molecular complexity index is 1530. The van der Waals surface area contributed by atoms with E-state index in [9.17, 15) is 19.5 Å². The standard InChI is InChI=1S/C39H50ClNO6/c1-7-23-10-12-24(13-11-23)15-27-16-25-19-37(5)26(18-30(25)41-27)17-29(40)35-28-14-22(4)39(47-34(45)9-3,32(43)21-46-33(44)8-2)38(28,6)20-31(42)36(35)37/h10-13,16,18,22,27-29,31,35-36,42H,7-9,14-15,17,19-21H2,1-6H3/t22-,27?,28+,29-,31+,35-,36+,37+,38+,39+/m1/s1. The second-order valence-electron chi connectivity index (χ2n) is 15.2. The number of aliphatic hydroxyl groups is 1. The number of fused-ring (bicyclic) bond motifs is 6. The van der Waals surface area contributed by atoms with Crippen LogP contribution in [0.15, 0.2) is 52.6 Å². The molecular formula is C39H50ClNO6. The zero-order chi connectivity index (χ0) is 33.9. The van der Waals surface area contributed by atoms with E-state index in [1.54, 1.807) is 13.8 Å². The SMILES string of the molecule is CCC(=O)OCC(=O)[C@@]1(OC(=O)CC)[C@H](C)C[C@H]2[C@H]3[C@H]([C@@H](O)C[C@@]21C)[C@@]1(C)CC2=CC(Cc4ccc(CC)cc4)N=C2C=C1C[C@H]3Cl. The lowest BCUT2D eigenvalue weighted by Gasteiger charge is -2.62. The number of ketones is 1. The Morgan fingerprint density at radius 1 is 1.04 bits per heavy atom. The second-order valence-corrected chi connectivity index (χ2v) is 15.7. The molecule has 0 radical (unpaired) electrons. The molecule has 3 saturated carbocycles. The fourth-order valence-corrected chi connectivity index (χ4v) is 10.9. The number of benzene rings is 1. The molecule has 1 aromatic rings. The summed E-state index contributed by atoms with van der Waals surface area (Å²) in [6.07, 6.45) is 8.26. The average Bonchev–Trinajstić information content (AvgIpc) is 3.52. The molecular weight excluding hydrogens is 614 g/mol. The van der Waals surface area contributed by atoms with E-state index in [0.717, 1.165) is 25.0 Å². The normalized spacial score (nSPS) is 38.6. The lowest BCUT2D eigenvalue weighted by molar-refractivity contribution is -0.207. The van der Waals surface area contributed by atoms with Gasteiger partial charge in [-0.05, 0) is 84.5 Å². The van der Waals surface area contributed by atoms with Crippen molar-refractivity contribution in [2.45, 2.75) is 116 Å². The number of nitrogens with zero attached hydrogens (tertiary/aromatic N) is 1. The molecule has 1 heterocycles. The van der Waals surface area contributed by atoms with Crippen LogP contribution in [0.25, 0.3) is 0 Å². The maximum atomic E-state index is 14.2. The minimum absolute atomic E-state index is 0.0753. The molecule has 0 bridgehead atoms. The monoisotopic (exact) mass is 663 g/mol. The van der Waals surface area contributed by atoms with Crippen molar-refractivity contribution >= 4 is 35.0 Å². The van der Waals surface area contributed by atoms with Gasteiger partial charge in [-0.1, -0.05) is 77.5 Å². The number of halogens is 1. The Kier molecular flexibility index (Phi) is 9.14. The van der Waals surface area contributed by atoms with Crippen LogP contribution in [-0.2, 0) is 36.7 Å². The molecule has 0 aromatic heterocycles. The van der Waals surface area contributed by atoms with Crippen LogP contribution >= 0.6 is 11.6 Å². The number of aliphatic hydroxyl groups excluding tert-OH is 1. The minimum atomic E-state index is -1.53. The molecule has 7 nitrogen and oxygen atoms in total. The van der Waals surface area contributed by atoms with E-state index >= 15 is 0 Å². The van der Waals surface area contributed by atoms with E-state index in [4.69, 9.17) is 26.1 Å². The Hall–Kier alpha value is -2.77. The molecule has 1 aliphatic heterocycles. The van der Waals surface area contributed by atoms with Crippen molar-refractivity contribution in [1.29, 1.82) is 0 Å². The Morgan fingerprint density at radius 2 is 1.72 bits per heavy atom. The zero-order valence-electron chi connectivity index (χ0n) is 28.7. The first-order valence-corrected chi connectivity index (χ1v) is 18.1. The summed E-state index contributed by atoms with van der Waals surface area (Å²) in [5.74, 6) is -2.02. The molecule has 1 aromatic carbocycles. The highest BCUT2D eigenvalue weighted by Crippen LogP contribution is 2.70. The number of Topliss-reactive ketones (excluding diaryl/α,β-unsaturated/α-hetero) is 1. The maximum Gasteiger partial charge on any atom is 0.306 e. The summed E-state index contributed by atoms with van der Waals surface area (Å²) >= 11 is 7.38. The van der Waals surface area contributed by atoms with Gasteiger partial charge in [0.2, 0.25) is 5.78 Å². The van der Waals surface area contributed by atoms with Gasteiger partial charge in [0.15, 0.2) is 12.2 Å². The number of aryl methyl sites for hydroxylation is 1. The number of hydrogen-bond donors (Lipinski definition) is 1. The van der Waals surface area contributed by atoms with Crippen LogP contribution in [0.3, 0.4) is 0 Å². The van der Waals surface area contributed by atoms with Crippen LogP contribution in [-0.4, -0.2) is 58.3 Å². The van der Waals surface area contributed by atoms with Gasteiger partial charge in [0.05, 0.1) is 17.9 Å². The number of rotatable bonds is 9. The lowest BCUT2D eigenvalue weighted by atomic mass is 9.45. The number of allylic oxidation sites excluding steroid dienone is 3. The number of alkyl halides is 1. The summed E-state index contributed by atoms with van der Waals surface area (Å²) in [7, 11) is 0. The van der Waals surface area contributed by atoms with Gasteiger partial charge in [-0.2, -0.15) is 0 Å². The van der Waals surface area contributed by atoms with Crippen LogP contribution in [0, 0.1) is 34.5 Å². The molecule has 6 rings (SSSR count). The molecule has 47 heavy (non-hydrogen) atoms. The summed E-state index contributed by atoms with van der Waals surface area (Å²) < 4.78 is 11.5. The van der Waals surface area contributed by atoms with Gasteiger partial charge in [0, 0.05) is 29.6 Å². The van der Waals surface area contributed by atoms with Gasteiger partial charge in [0.25, 0.3) is 0 Å². The predicted octanol–water partition coefficient (Wildman–Crippen LogP) is 6.76. The molecule has 0 spiro atoms. The van der Waals surface area contributed by atoms with Crippen molar-refractivity contribution in [3.8, 4) is 0 Å². The fraction of sp³-hybridized carbons (Fsp3) is 0.641. The smallest absolute Gasteiger partial charge is 0.306 e. The summed E-state index contributed by atoms with van der Waals surface area (Å²) in [6.45, 7) is 11.3. The molecule has 1 unspecified atom stereocenters. The van der Waals surface area contributed by atoms with E-state index in [-0.39, 0.29) is 59.8 Å². The molecule has 3 fully saturated rings. The largest absolute Gasteiger partial charge is 0.457 e. The van der Waals surface area contributed by atoms with Crippen molar-refractivity contribution in [2.75, 3.05) is 6.61 Å². The number of ether oxygens (including phenoxy) is 2. The van der Waals surface area contributed by atoms with Gasteiger partial charge in [-0.3, -0.25) is 19.4 Å². The number of esters is 2. The van der Waals surface area contributed by atoms with Crippen molar-refractivity contribution in [1.82, 2.24) is 0 Å². The third-order valence-corrected chi connectivity index (χ3v) is 13.0. The first-order chi connectivity index (χ1) is 22.3. The third kappa shape index (κ3) is 5.44. The van der Waals surface area contributed by atoms with Crippen LogP contribution in [0.2, 0.25) is 0 Å². The van der Waals surface area contributed by atoms with Crippen LogP contribution < -0.4 is 0 Å². The van der Waals surface area contributed by atoms with Gasteiger partial charge in [-0.25, -0.2) is 0 Å². The van der Waals surface area contributed by atoms with Crippen LogP contribution in [0.4, 0.5) is 0 Å². The number of carbonyl (C=O) groups excluding carboxylic acids is 3. The van der Waals surface area contributed by atoms with Crippen molar-refractivity contribution in [3.05, 3.63) is 58.7 Å². The van der Waals surface area contributed by atoms with Crippen molar-refractivity contribution < 1.29 is 29.0 Å². The van der Waals surface area contributed by atoms with Gasteiger partial charge in [-0.15, -0.1) is 11.6 Å². The highest BCUT2D eigenvalue weighted by molar-refractivity contribution is 6.21. The Labute approximate surface area is 284 Å². The molecule has 1 N–H and O–H groups in total. The molecule has 4 aliphatic carbocycles. The molecule has 0 amide bonds. The number of carbonyl (C=O) groups is 3. The summed E-state index contributed by atoms with van der Waals surface area (Å²) in [6, 6.07) is 8.88. The second kappa shape index (κ2) is 12.6. The lowest BCUT2D eigenvalue weighted by Crippen LogP contribution is -2.65. The van der Waals surface area contributed by atoms with E-state index < -0.39 is 41.4 Å². The maximum absolute atomic E-state index is 14.2. The number of aliphatic imine (C=N–C) groups is 1. The van der Waals surface area contributed by atoms with Crippen LogP contribution in [0.5, 0.6) is 0 Å². The van der Waals surface area contributed by atoms with Crippen LogP contribution in [0.1, 0.15) is 91.2 Å². The minimum Gasteiger partial charge on any atom is -0.457 e. The number of hydrogen-bond acceptors (Lipinski definition) is 7. The van der Waals surface area contributed by atoms with Gasteiger partial charge in [0.1, 0.15) is 0 Å². The van der Waals surface area contributed by atoms with E-state index in [2.05, 4.69) is 50.3 Å². The molecule has 8 heteroatoms. The highest BCUT2D eigenvalue weighted by atomic mass is 35.5. The van der Waals surface area contributed by atoms with E-state index in [1.807, 2.05) is 13.8 Å². The summed E-state index contributed by atoms with van der Waals surface area (Å²) in [5, 5.41) is 12.0. The zero-order valence-corrected chi connectivity index (χ0v) is 29.4. The Balaban J connectivity index is 1.32. The van der Waals surface area contributed by atoms with E-state index in [1.165, 1.54) is 22.3 Å². The predicted molar refractivity (Wildman–Crippen MR) is 182 cm³/mol. The topological polar surface area (TPSA) is 102 Å². The summed E-state index contributed by atoms with van der Waals surface area (Å²) in [4.78, 5) is 44.3. The van der Waals surface area contributed by atoms with Crippen molar-refractivity contribution in [3.63, 3.8) is 0 Å². The summed E-state index contributed by atoms with van der Waals surface area (Å²) in [5.41, 5.74) is 3.38. The fourth-order valence-electron chi connectivity index (χ4n) is 10.4. The molecule has 10 atom stereocenters. The molecule has 254 valence electrons. The first-order valence-electron chi connectivity index (χ1n) is 17.6. The van der Waals surface area contributed by atoms with E-state index in [0.29, 0.717) is 12.8 Å². The van der Waals surface area contributed by atoms with Crippen molar-refractivity contribution in [2.24, 2.45) is 39.5 Å². The first kappa shape index (κ1) is 34.1. The third-order valence-electron chi connectivity index (χ3n) is 12.6. The average molecular weight is 664 g/mol. The van der Waals surface area contributed by atoms with Gasteiger partial charge >= 0.3 is 11.9 Å². The quantitative estimate of drug-likeness (QED) is 0.231.